The van der Waals surface area contributed by atoms with Crippen LogP contribution in [0.15, 0.2) is 48.5 Å². The van der Waals surface area contributed by atoms with Gasteiger partial charge in [0.1, 0.15) is 0 Å². The van der Waals surface area contributed by atoms with Gasteiger partial charge in [0.25, 0.3) is 5.69 Å². The van der Waals surface area contributed by atoms with Crippen LogP contribution in [0.5, 0.6) is 0 Å². The smallest absolute Gasteiger partial charge is 0.273 e. The molecule has 0 aliphatic rings. The van der Waals surface area contributed by atoms with Gasteiger partial charge in [0.2, 0.25) is 0 Å². The second-order valence-corrected chi connectivity index (χ2v) is 4.38. The molecule has 2 aromatic rings. The van der Waals surface area contributed by atoms with Crippen molar-refractivity contribution in [3.8, 4) is 0 Å². The van der Waals surface area contributed by atoms with Crippen molar-refractivity contribution in [2.24, 2.45) is 0 Å². The number of nitrogens with two attached hydrogens (primary N) is 1. The van der Waals surface area contributed by atoms with E-state index in [0.29, 0.717) is 12.2 Å². The number of non-ortho nitro benzene ring substituents is 1. The Morgan fingerprint density at radius 2 is 1.89 bits per heavy atom. The molecule has 98 valence electrons. The lowest BCUT2D eigenvalue weighted by atomic mass is 10.2. The van der Waals surface area contributed by atoms with Crippen molar-refractivity contribution in [1.29, 1.82) is 0 Å². The molecule has 0 aliphatic heterocycles. The van der Waals surface area contributed by atoms with Crippen LogP contribution in [0.2, 0.25) is 0 Å². The van der Waals surface area contributed by atoms with E-state index in [1.165, 1.54) is 12.1 Å². The summed E-state index contributed by atoms with van der Waals surface area (Å²) in [4.78, 5) is 12.3. The van der Waals surface area contributed by atoms with E-state index in [1.807, 2.05) is 42.3 Å². The second kappa shape index (κ2) is 5.39. The summed E-state index contributed by atoms with van der Waals surface area (Å²) in [6.45, 7) is 0.668. The molecule has 5 heteroatoms. The highest BCUT2D eigenvalue weighted by atomic mass is 16.6. The molecule has 0 unspecified atom stereocenters. The van der Waals surface area contributed by atoms with Crippen molar-refractivity contribution >= 4 is 17.1 Å². The number of hydrogen-bond donors (Lipinski definition) is 1. The predicted molar refractivity (Wildman–Crippen MR) is 76.1 cm³/mol. The number of nitro benzene ring substituents is 1. The highest BCUT2D eigenvalue weighted by Crippen LogP contribution is 2.25. The fraction of sp³-hybridized carbons (Fsp3) is 0.143. The fourth-order valence-electron chi connectivity index (χ4n) is 1.89. The van der Waals surface area contributed by atoms with E-state index in [9.17, 15) is 10.1 Å². The minimum atomic E-state index is -0.434. The maximum absolute atomic E-state index is 10.8. The monoisotopic (exact) mass is 257 g/mol. The minimum Gasteiger partial charge on any atom is -0.398 e. The van der Waals surface area contributed by atoms with Crippen molar-refractivity contribution in [1.82, 2.24) is 0 Å². The predicted octanol–water partition coefficient (Wildman–Crippen LogP) is 2.81. The zero-order valence-electron chi connectivity index (χ0n) is 10.6. The number of rotatable bonds is 4. The van der Waals surface area contributed by atoms with Crippen molar-refractivity contribution in [2.45, 2.75) is 6.54 Å². The third kappa shape index (κ3) is 3.22. The summed E-state index contributed by atoms with van der Waals surface area (Å²) in [6, 6.07) is 14.5. The normalized spacial score (nSPS) is 10.2. The Bertz CT molecular complexity index is 584. The third-order valence-corrected chi connectivity index (χ3v) is 2.84. The number of nitrogens with zero attached hydrogens (tertiary/aromatic N) is 2. The molecule has 19 heavy (non-hydrogen) atoms. The van der Waals surface area contributed by atoms with Gasteiger partial charge >= 0.3 is 0 Å². The first-order valence-corrected chi connectivity index (χ1v) is 5.86. The van der Waals surface area contributed by atoms with E-state index in [-0.39, 0.29) is 5.69 Å². The van der Waals surface area contributed by atoms with Crippen LogP contribution in [0.1, 0.15) is 5.56 Å². The molecule has 2 rings (SSSR count). The summed E-state index contributed by atoms with van der Waals surface area (Å²) in [7, 11) is 1.88. The topological polar surface area (TPSA) is 72.4 Å². The first kappa shape index (κ1) is 12.9. The molecule has 0 bridgehead atoms. The summed E-state index contributed by atoms with van der Waals surface area (Å²) < 4.78 is 0. The van der Waals surface area contributed by atoms with Crippen LogP contribution in [-0.4, -0.2) is 12.0 Å². The molecule has 5 nitrogen and oxygen atoms in total. The lowest BCUT2D eigenvalue weighted by Gasteiger charge is -2.19. The fourth-order valence-corrected chi connectivity index (χ4v) is 1.89. The van der Waals surface area contributed by atoms with Crippen LogP contribution in [0.3, 0.4) is 0 Å². The van der Waals surface area contributed by atoms with Gasteiger partial charge in [-0.05, 0) is 11.6 Å². The average Bonchev–Trinajstić information content (AvgIpc) is 2.39. The SMILES string of the molecule is CN(Cc1ccccc1)c1cc(N)cc([N+](=O)[O-])c1. The molecule has 0 radical (unpaired) electrons. The van der Waals surface area contributed by atoms with E-state index in [0.717, 1.165) is 11.3 Å². The van der Waals surface area contributed by atoms with Crippen LogP contribution < -0.4 is 10.6 Å². The van der Waals surface area contributed by atoms with E-state index < -0.39 is 4.92 Å². The molecule has 0 saturated carbocycles. The molecule has 0 aliphatic carbocycles. The van der Waals surface area contributed by atoms with E-state index in [4.69, 9.17) is 5.73 Å². The Kier molecular flexibility index (Phi) is 3.66. The Balaban J connectivity index is 2.24. The van der Waals surface area contributed by atoms with Gasteiger partial charge in [0.05, 0.1) is 4.92 Å². The minimum absolute atomic E-state index is 0.00918. The Morgan fingerprint density at radius 3 is 2.53 bits per heavy atom. The van der Waals surface area contributed by atoms with Crippen molar-refractivity contribution in [3.63, 3.8) is 0 Å². The number of anilines is 2. The molecular weight excluding hydrogens is 242 g/mol. The van der Waals surface area contributed by atoms with Crippen LogP contribution in [0.4, 0.5) is 17.1 Å². The van der Waals surface area contributed by atoms with Gasteiger partial charge in [-0.2, -0.15) is 0 Å². The van der Waals surface area contributed by atoms with E-state index in [2.05, 4.69) is 0 Å². The zero-order valence-corrected chi connectivity index (χ0v) is 10.6. The van der Waals surface area contributed by atoms with Gasteiger partial charge < -0.3 is 10.6 Å². The van der Waals surface area contributed by atoms with Gasteiger partial charge in [-0.3, -0.25) is 10.1 Å². The Morgan fingerprint density at radius 1 is 1.21 bits per heavy atom. The number of benzene rings is 2. The third-order valence-electron chi connectivity index (χ3n) is 2.84. The first-order chi connectivity index (χ1) is 9.06. The summed E-state index contributed by atoms with van der Waals surface area (Å²) in [5, 5.41) is 10.8. The van der Waals surface area contributed by atoms with Gasteiger partial charge in [0, 0.05) is 37.1 Å². The van der Waals surface area contributed by atoms with Crippen molar-refractivity contribution in [2.75, 3.05) is 17.7 Å². The summed E-state index contributed by atoms with van der Waals surface area (Å²) in [5.41, 5.74) is 7.97. The largest absolute Gasteiger partial charge is 0.398 e. The molecule has 2 N–H and O–H groups in total. The molecule has 0 amide bonds. The summed E-state index contributed by atoms with van der Waals surface area (Å²) in [6.07, 6.45) is 0. The maximum Gasteiger partial charge on any atom is 0.273 e. The molecule has 0 atom stereocenters. The van der Waals surface area contributed by atoms with E-state index >= 15 is 0 Å². The highest BCUT2D eigenvalue weighted by molar-refractivity contribution is 5.62. The highest BCUT2D eigenvalue weighted by Gasteiger charge is 2.11. The lowest BCUT2D eigenvalue weighted by molar-refractivity contribution is -0.384. The first-order valence-electron chi connectivity index (χ1n) is 5.86. The van der Waals surface area contributed by atoms with Crippen LogP contribution in [0.25, 0.3) is 0 Å². The van der Waals surface area contributed by atoms with Gasteiger partial charge in [-0.15, -0.1) is 0 Å². The van der Waals surface area contributed by atoms with Crippen molar-refractivity contribution in [3.05, 3.63) is 64.2 Å². The molecule has 0 fully saturated rings. The molecule has 0 spiro atoms. The molecule has 0 saturated heterocycles. The standard InChI is InChI=1S/C14H15N3O2/c1-16(10-11-5-3-2-4-6-11)13-7-12(15)8-14(9-13)17(18)19/h2-9H,10,15H2,1H3. The van der Waals surface area contributed by atoms with Crippen LogP contribution in [0, 0.1) is 10.1 Å². The Hall–Kier alpha value is -2.56. The average molecular weight is 257 g/mol. The number of hydrogen-bond acceptors (Lipinski definition) is 4. The molecule has 0 heterocycles. The van der Waals surface area contributed by atoms with Gasteiger partial charge in [0.15, 0.2) is 0 Å². The van der Waals surface area contributed by atoms with Crippen LogP contribution in [-0.2, 0) is 6.54 Å². The summed E-state index contributed by atoms with van der Waals surface area (Å²) in [5.74, 6) is 0. The molecular formula is C14H15N3O2. The molecule has 2 aromatic carbocycles. The molecule has 0 aromatic heterocycles. The number of nitrogen functional groups attached to an aromatic ring is 1. The zero-order chi connectivity index (χ0) is 13.8. The van der Waals surface area contributed by atoms with Gasteiger partial charge in [-0.1, -0.05) is 30.3 Å². The lowest BCUT2D eigenvalue weighted by Crippen LogP contribution is -2.16. The summed E-state index contributed by atoms with van der Waals surface area (Å²) >= 11 is 0. The Labute approximate surface area is 111 Å². The van der Waals surface area contributed by atoms with Gasteiger partial charge in [-0.25, -0.2) is 0 Å². The van der Waals surface area contributed by atoms with Crippen LogP contribution >= 0.6 is 0 Å². The van der Waals surface area contributed by atoms with Crippen molar-refractivity contribution < 1.29 is 4.92 Å². The number of nitro groups is 1. The second-order valence-electron chi connectivity index (χ2n) is 4.38. The van der Waals surface area contributed by atoms with E-state index in [1.54, 1.807) is 6.07 Å². The quantitative estimate of drug-likeness (QED) is 0.519. The maximum atomic E-state index is 10.8.